The Morgan fingerprint density at radius 2 is 1.05 bits per heavy atom. The quantitative estimate of drug-likeness (QED) is 0.904. The number of carbonyl (C=O) groups is 2. The van der Waals surface area contributed by atoms with E-state index < -0.39 is 0 Å². The molecule has 2 aromatic rings. The van der Waals surface area contributed by atoms with Crippen LogP contribution in [0.5, 0.6) is 0 Å². The fourth-order valence-electron chi connectivity index (χ4n) is 1.76. The Kier molecular flexibility index (Phi) is 5.00. The minimum atomic E-state index is -0.0797. The van der Waals surface area contributed by atoms with Crippen molar-refractivity contribution in [2.75, 3.05) is 10.6 Å². The molecular weight excluding hydrogens is 284 g/mol. The summed E-state index contributed by atoms with van der Waals surface area (Å²) in [5.41, 5.74) is 1.57. The highest BCUT2D eigenvalue weighted by atomic mass is 32.2. The third kappa shape index (κ3) is 4.96. The topological polar surface area (TPSA) is 58.2 Å². The molecule has 0 spiro atoms. The minimum Gasteiger partial charge on any atom is -0.326 e. The van der Waals surface area contributed by atoms with Crippen LogP contribution in [0, 0.1) is 0 Å². The first kappa shape index (κ1) is 15.1. The van der Waals surface area contributed by atoms with E-state index in [1.165, 1.54) is 13.8 Å². The first-order valence-electron chi connectivity index (χ1n) is 6.46. The van der Waals surface area contributed by atoms with Crippen LogP contribution in [-0.4, -0.2) is 11.8 Å². The normalized spacial score (nSPS) is 10.0. The van der Waals surface area contributed by atoms with E-state index in [9.17, 15) is 9.59 Å². The van der Waals surface area contributed by atoms with Gasteiger partial charge in [0.2, 0.25) is 11.8 Å². The van der Waals surface area contributed by atoms with Gasteiger partial charge in [0, 0.05) is 35.0 Å². The van der Waals surface area contributed by atoms with E-state index in [-0.39, 0.29) is 11.8 Å². The van der Waals surface area contributed by atoms with E-state index in [0.717, 1.165) is 21.2 Å². The molecule has 0 fully saturated rings. The smallest absolute Gasteiger partial charge is 0.221 e. The molecule has 2 rings (SSSR count). The Balaban J connectivity index is 2.01. The molecule has 0 heterocycles. The van der Waals surface area contributed by atoms with Gasteiger partial charge in [-0.2, -0.15) is 0 Å². The van der Waals surface area contributed by atoms with Gasteiger partial charge >= 0.3 is 0 Å². The van der Waals surface area contributed by atoms with Crippen molar-refractivity contribution < 1.29 is 9.59 Å². The van der Waals surface area contributed by atoms with Crippen LogP contribution in [0.4, 0.5) is 11.4 Å². The molecule has 0 saturated heterocycles. The van der Waals surface area contributed by atoms with Crippen LogP contribution < -0.4 is 10.6 Å². The van der Waals surface area contributed by atoms with Gasteiger partial charge < -0.3 is 10.6 Å². The summed E-state index contributed by atoms with van der Waals surface area (Å²) in [6.45, 7) is 2.97. The monoisotopic (exact) mass is 300 g/mol. The predicted molar refractivity (Wildman–Crippen MR) is 85.6 cm³/mol. The van der Waals surface area contributed by atoms with Crippen molar-refractivity contribution in [1.29, 1.82) is 0 Å². The molecule has 2 N–H and O–H groups in total. The van der Waals surface area contributed by atoms with E-state index in [1.807, 2.05) is 48.5 Å². The first-order chi connectivity index (χ1) is 10.0. The number of anilines is 2. The number of nitrogens with one attached hydrogen (secondary N) is 2. The summed E-state index contributed by atoms with van der Waals surface area (Å²) in [5, 5.41) is 5.47. The lowest BCUT2D eigenvalue weighted by Gasteiger charge is -2.06. The number of benzene rings is 2. The van der Waals surface area contributed by atoms with E-state index in [0.29, 0.717) is 0 Å². The van der Waals surface area contributed by atoms with E-state index in [2.05, 4.69) is 10.6 Å². The largest absolute Gasteiger partial charge is 0.326 e. The molecule has 0 radical (unpaired) electrons. The van der Waals surface area contributed by atoms with E-state index >= 15 is 0 Å². The maximum Gasteiger partial charge on any atom is 0.221 e. The molecule has 0 aliphatic carbocycles. The maximum absolute atomic E-state index is 11.0. The molecule has 2 amide bonds. The Morgan fingerprint density at radius 1 is 0.714 bits per heavy atom. The molecule has 108 valence electrons. The van der Waals surface area contributed by atoms with Crippen LogP contribution >= 0.6 is 11.8 Å². The SMILES string of the molecule is CC(=O)Nc1ccc(Sc2ccc(NC(C)=O)cc2)cc1. The number of amides is 2. The van der Waals surface area contributed by atoms with Gasteiger partial charge in [0.1, 0.15) is 0 Å². The van der Waals surface area contributed by atoms with Gasteiger partial charge in [-0.15, -0.1) is 0 Å². The fraction of sp³-hybridized carbons (Fsp3) is 0.125. The summed E-state index contributed by atoms with van der Waals surface area (Å²) in [5.74, 6) is -0.159. The Hall–Kier alpha value is -2.27. The first-order valence-corrected chi connectivity index (χ1v) is 7.28. The fourth-order valence-corrected chi connectivity index (χ4v) is 2.57. The zero-order chi connectivity index (χ0) is 15.2. The number of rotatable bonds is 4. The van der Waals surface area contributed by atoms with Gasteiger partial charge in [-0.05, 0) is 48.5 Å². The molecule has 5 heteroatoms. The van der Waals surface area contributed by atoms with E-state index in [1.54, 1.807) is 11.8 Å². The Bertz CT molecular complexity index is 579. The molecule has 21 heavy (non-hydrogen) atoms. The summed E-state index contributed by atoms with van der Waals surface area (Å²) in [6.07, 6.45) is 0. The van der Waals surface area contributed by atoms with Crippen LogP contribution in [0.25, 0.3) is 0 Å². The molecular formula is C16H16N2O2S. The molecule has 0 unspecified atom stereocenters. The minimum absolute atomic E-state index is 0.0797. The summed E-state index contributed by atoms with van der Waals surface area (Å²) in [7, 11) is 0. The van der Waals surface area contributed by atoms with Crippen LogP contribution in [0.1, 0.15) is 13.8 Å². The van der Waals surface area contributed by atoms with Gasteiger partial charge in [0.05, 0.1) is 0 Å². The highest BCUT2D eigenvalue weighted by Gasteiger charge is 2.00. The molecule has 2 aromatic carbocycles. The summed E-state index contributed by atoms with van der Waals surface area (Å²) in [6, 6.07) is 15.3. The highest BCUT2D eigenvalue weighted by molar-refractivity contribution is 7.99. The predicted octanol–water partition coefficient (Wildman–Crippen LogP) is 3.75. The van der Waals surface area contributed by atoms with Crippen molar-refractivity contribution in [3.05, 3.63) is 48.5 Å². The molecule has 0 aromatic heterocycles. The lowest BCUT2D eigenvalue weighted by Crippen LogP contribution is -2.05. The molecule has 4 nitrogen and oxygen atoms in total. The number of hydrogen-bond acceptors (Lipinski definition) is 3. The van der Waals surface area contributed by atoms with E-state index in [4.69, 9.17) is 0 Å². The summed E-state index contributed by atoms with van der Waals surface area (Å²) in [4.78, 5) is 24.1. The number of carbonyl (C=O) groups excluding carboxylic acids is 2. The molecule has 0 aliphatic rings. The third-order valence-electron chi connectivity index (χ3n) is 2.59. The standard InChI is InChI=1S/C16H16N2O2S/c1-11(19)17-13-3-7-15(8-4-13)21-16-9-5-14(6-10-16)18-12(2)20/h3-10H,1-2H3,(H,17,19)(H,18,20). The molecule has 0 aliphatic heterocycles. The zero-order valence-electron chi connectivity index (χ0n) is 11.8. The zero-order valence-corrected chi connectivity index (χ0v) is 12.7. The average Bonchev–Trinajstić information content (AvgIpc) is 2.42. The van der Waals surface area contributed by atoms with Crippen molar-refractivity contribution in [1.82, 2.24) is 0 Å². The summed E-state index contributed by atoms with van der Waals surface area (Å²) >= 11 is 1.62. The van der Waals surface area contributed by atoms with Gasteiger partial charge in [-0.25, -0.2) is 0 Å². The Labute approximate surface area is 127 Å². The van der Waals surface area contributed by atoms with Gasteiger partial charge in [0.25, 0.3) is 0 Å². The van der Waals surface area contributed by atoms with Crippen LogP contribution in [0.2, 0.25) is 0 Å². The lowest BCUT2D eigenvalue weighted by molar-refractivity contribution is -0.115. The maximum atomic E-state index is 11.0. The molecule has 0 atom stereocenters. The van der Waals surface area contributed by atoms with Crippen molar-refractivity contribution >= 4 is 35.0 Å². The summed E-state index contributed by atoms with van der Waals surface area (Å²) < 4.78 is 0. The lowest BCUT2D eigenvalue weighted by atomic mass is 10.3. The van der Waals surface area contributed by atoms with Crippen molar-refractivity contribution in [3.8, 4) is 0 Å². The average molecular weight is 300 g/mol. The molecule has 0 saturated carbocycles. The van der Waals surface area contributed by atoms with Gasteiger partial charge in [-0.3, -0.25) is 9.59 Å². The molecule has 0 bridgehead atoms. The van der Waals surface area contributed by atoms with Gasteiger partial charge in [0.15, 0.2) is 0 Å². The second-order valence-electron chi connectivity index (χ2n) is 4.51. The second-order valence-corrected chi connectivity index (χ2v) is 5.66. The second kappa shape index (κ2) is 6.95. The van der Waals surface area contributed by atoms with Crippen LogP contribution in [0.15, 0.2) is 58.3 Å². The number of hydrogen-bond donors (Lipinski definition) is 2. The van der Waals surface area contributed by atoms with Crippen molar-refractivity contribution in [2.45, 2.75) is 23.6 Å². The Morgan fingerprint density at radius 3 is 1.33 bits per heavy atom. The third-order valence-corrected chi connectivity index (χ3v) is 3.60. The highest BCUT2D eigenvalue weighted by Crippen LogP contribution is 2.29. The van der Waals surface area contributed by atoms with Crippen molar-refractivity contribution in [3.63, 3.8) is 0 Å². The van der Waals surface area contributed by atoms with Crippen molar-refractivity contribution in [2.24, 2.45) is 0 Å². The van der Waals surface area contributed by atoms with Gasteiger partial charge in [-0.1, -0.05) is 11.8 Å². The van der Waals surface area contributed by atoms with Crippen LogP contribution in [0.3, 0.4) is 0 Å². The van der Waals surface area contributed by atoms with Crippen LogP contribution in [-0.2, 0) is 9.59 Å².